The molecule has 3 heteroatoms. The summed E-state index contributed by atoms with van der Waals surface area (Å²) in [6.07, 6.45) is 1.91. The first-order valence-electron chi connectivity index (χ1n) is 5.06. The Kier molecular flexibility index (Phi) is 9.58. The van der Waals surface area contributed by atoms with Crippen LogP contribution in [0.3, 0.4) is 0 Å². The lowest BCUT2D eigenvalue weighted by Crippen LogP contribution is -2.25. The molecular formula is C12H23NOS. The molecule has 0 spiro atoms. The quantitative estimate of drug-likeness (QED) is 0.688. The van der Waals surface area contributed by atoms with E-state index in [0.717, 1.165) is 16.2 Å². The molecule has 0 radical (unpaired) electrons. The van der Waals surface area contributed by atoms with Crippen LogP contribution in [0.15, 0.2) is 22.8 Å². The van der Waals surface area contributed by atoms with E-state index >= 15 is 0 Å². The van der Waals surface area contributed by atoms with Crippen molar-refractivity contribution in [1.82, 2.24) is 4.90 Å². The van der Waals surface area contributed by atoms with Gasteiger partial charge in [0.2, 0.25) is 0 Å². The molecular weight excluding hydrogens is 206 g/mol. The smallest absolute Gasteiger partial charge is 0.253 e. The monoisotopic (exact) mass is 229 g/mol. The van der Waals surface area contributed by atoms with Crippen molar-refractivity contribution >= 4 is 17.7 Å². The van der Waals surface area contributed by atoms with Crippen molar-refractivity contribution < 1.29 is 4.79 Å². The van der Waals surface area contributed by atoms with Crippen LogP contribution < -0.4 is 0 Å². The average molecular weight is 229 g/mol. The minimum Gasteiger partial charge on any atom is -0.307 e. The summed E-state index contributed by atoms with van der Waals surface area (Å²) in [5.74, 6) is 0.0272. The van der Waals surface area contributed by atoms with Crippen LogP contribution in [0.1, 0.15) is 34.6 Å². The lowest BCUT2D eigenvalue weighted by Gasteiger charge is -2.18. The third kappa shape index (κ3) is 5.67. The fraction of sp³-hybridized carbons (Fsp3) is 0.583. The molecule has 0 bridgehead atoms. The van der Waals surface area contributed by atoms with Crippen LogP contribution >= 0.6 is 11.8 Å². The van der Waals surface area contributed by atoms with Crippen LogP contribution in [0.5, 0.6) is 0 Å². The predicted octanol–water partition coefficient (Wildman–Crippen LogP) is 3.66. The van der Waals surface area contributed by atoms with Crippen molar-refractivity contribution in [1.29, 1.82) is 0 Å². The molecule has 0 aromatic heterocycles. The molecule has 0 saturated heterocycles. The number of hydrogen-bond acceptors (Lipinski definition) is 2. The molecule has 0 heterocycles. The summed E-state index contributed by atoms with van der Waals surface area (Å²) in [4.78, 5) is 13.3. The number of allylic oxidation sites excluding steroid dienone is 1. The van der Waals surface area contributed by atoms with Crippen molar-refractivity contribution in [3.05, 3.63) is 22.8 Å². The Hall–Kier alpha value is -0.700. The van der Waals surface area contributed by atoms with Gasteiger partial charge in [-0.2, -0.15) is 0 Å². The highest BCUT2D eigenvalue weighted by Crippen LogP contribution is 2.16. The summed E-state index contributed by atoms with van der Waals surface area (Å²) < 4.78 is 0. The maximum Gasteiger partial charge on any atom is 0.253 e. The lowest BCUT2D eigenvalue weighted by atomic mass is 10.1. The predicted molar refractivity (Wildman–Crippen MR) is 70.8 cm³/mol. The number of carbonyl (C=O) groups excluding carboxylic acids is 1. The van der Waals surface area contributed by atoms with Crippen molar-refractivity contribution in [3.8, 4) is 0 Å². The van der Waals surface area contributed by atoms with Gasteiger partial charge >= 0.3 is 0 Å². The highest BCUT2D eigenvalue weighted by atomic mass is 32.2. The van der Waals surface area contributed by atoms with Crippen molar-refractivity contribution in [2.24, 2.45) is 0 Å². The maximum absolute atomic E-state index is 11.7. The lowest BCUT2D eigenvalue weighted by molar-refractivity contribution is -0.123. The third-order valence-corrected chi connectivity index (χ3v) is 2.73. The molecule has 0 aliphatic heterocycles. The molecule has 88 valence electrons. The van der Waals surface area contributed by atoms with Gasteiger partial charge in [0, 0.05) is 12.6 Å². The van der Waals surface area contributed by atoms with E-state index < -0.39 is 0 Å². The van der Waals surface area contributed by atoms with Gasteiger partial charge in [0.1, 0.15) is 0 Å². The molecule has 0 atom stereocenters. The number of thioether (sulfide) groups is 1. The second-order valence-corrected chi connectivity index (χ2v) is 3.97. The molecule has 15 heavy (non-hydrogen) atoms. The van der Waals surface area contributed by atoms with Crippen LogP contribution in [0.25, 0.3) is 0 Å². The van der Waals surface area contributed by atoms with Crippen molar-refractivity contribution in [3.63, 3.8) is 0 Å². The van der Waals surface area contributed by atoms with E-state index in [0.29, 0.717) is 0 Å². The summed E-state index contributed by atoms with van der Waals surface area (Å²) in [5, 5.41) is 0.769. The van der Waals surface area contributed by atoms with Crippen molar-refractivity contribution in [2.75, 3.05) is 13.3 Å². The van der Waals surface area contributed by atoms with Gasteiger partial charge in [0.15, 0.2) is 0 Å². The summed E-state index contributed by atoms with van der Waals surface area (Å²) in [7, 11) is 1.74. The third-order valence-electron chi connectivity index (χ3n) is 1.99. The molecule has 0 rings (SSSR count). The van der Waals surface area contributed by atoms with Crippen LogP contribution in [-0.2, 0) is 4.79 Å². The summed E-state index contributed by atoms with van der Waals surface area (Å²) in [6, 6.07) is 0. The van der Waals surface area contributed by atoms with E-state index in [1.54, 1.807) is 11.9 Å². The second kappa shape index (κ2) is 8.60. The molecule has 0 unspecified atom stereocenters. The zero-order valence-corrected chi connectivity index (χ0v) is 11.8. The normalized spacial score (nSPS) is 8.47. The van der Waals surface area contributed by atoms with Crippen molar-refractivity contribution in [2.45, 2.75) is 34.6 Å². The average Bonchev–Trinajstić information content (AvgIpc) is 2.27. The first kappa shape index (κ1) is 16.7. The molecule has 0 fully saturated rings. The van der Waals surface area contributed by atoms with Gasteiger partial charge in [-0.1, -0.05) is 26.0 Å². The SMILES string of the molecule is C=C(SC)N(C)C(=O)C(C)=C(C)C.CC. The number of likely N-dealkylation sites (N-methyl/N-ethyl adjacent to an activating group) is 1. The summed E-state index contributed by atoms with van der Waals surface area (Å²) >= 11 is 1.48. The number of amides is 1. The first-order chi connectivity index (χ1) is 6.91. The van der Waals surface area contributed by atoms with Gasteiger partial charge in [0.05, 0.1) is 5.03 Å². The minimum absolute atomic E-state index is 0.0272. The molecule has 0 aromatic rings. The van der Waals surface area contributed by atoms with E-state index in [-0.39, 0.29) is 5.91 Å². The summed E-state index contributed by atoms with van der Waals surface area (Å²) in [5.41, 5.74) is 1.84. The Balaban J connectivity index is 0. The maximum atomic E-state index is 11.7. The van der Waals surface area contributed by atoms with E-state index in [2.05, 4.69) is 6.58 Å². The molecule has 1 amide bonds. The topological polar surface area (TPSA) is 20.3 Å². The van der Waals surface area contributed by atoms with Gasteiger partial charge in [-0.05, 0) is 27.0 Å². The molecule has 0 aliphatic carbocycles. The Morgan fingerprint density at radius 1 is 1.20 bits per heavy atom. The highest BCUT2D eigenvalue weighted by molar-refractivity contribution is 8.02. The van der Waals surface area contributed by atoms with E-state index in [4.69, 9.17) is 0 Å². The zero-order valence-electron chi connectivity index (χ0n) is 11.0. The first-order valence-corrected chi connectivity index (χ1v) is 6.29. The largest absolute Gasteiger partial charge is 0.307 e. The fourth-order valence-corrected chi connectivity index (χ4v) is 1.07. The van der Waals surface area contributed by atoms with Crippen LogP contribution in [-0.4, -0.2) is 24.1 Å². The van der Waals surface area contributed by atoms with Crippen LogP contribution in [0.2, 0.25) is 0 Å². The van der Waals surface area contributed by atoms with Crippen LogP contribution in [0.4, 0.5) is 0 Å². The Morgan fingerprint density at radius 3 is 1.87 bits per heavy atom. The summed E-state index contributed by atoms with van der Waals surface area (Å²) in [6.45, 7) is 13.5. The Morgan fingerprint density at radius 2 is 1.60 bits per heavy atom. The highest BCUT2D eigenvalue weighted by Gasteiger charge is 2.13. The zero-order chi connectivity index (χ0) is 12.6. The number of nitrogens with zero attached hydrogens (tertiary/aromatic N) is 1. The van der Waals surface area contributed by atoms with Gasteiger partial charge in [-0.25, -0.2) is 0 Å². The Labute approximate surface area is 98.4 Å². The fourth-order valence-electron chi connectivity index (χ4n) is 0.716. The Bertz CT molecular complexity index is 252. The number of hydrogen-bond donors (Lipinski definition) is 0. The molecule has 2 nitrogen and oxygen atoms in total. The number of carbonyl (C=O) groups is 1. The van der Waals surface area contributed by atoms with E-state index in [1.165, 1.54) is 11.8 Å². The van der Waals surface area contributed by atoms with Gasteiger partial charge < -0.3 is 4.90 Å². The van der Waals surface area contributed by atoms with E-state index in [9.17, 15) is 4.79 Å². The molecule has 0 aliphatic rings. The van der Waals surface area contributed by atoms with Gasteiger partial charge in [-0.3, -0.25) is 4.79 Å². The van der Waals surface area contributed by atoms with Crippen LogP contribution in [0, 0.1) is 0 Å². The molecule has 0 aromatic carbocycles. The minimum atomic E-state index is 0.0272. The molecule has 0 N–H and O–H groups in total. The standard InChI is InChI=1S/C10H17NOS.C2H6/c1-7(2)8(3)10(12)11(5)9(4)13-6;1-2/h4H2,1-3,5-6H3;1-2H3. The number of rotatable bonds is 3. The molecule has 0 saturated carbocycles. The van der Waals surface area contributed by atoms with Gasteiger partial charge in [-0.15, -0.1) is 11.8 Å². The van der Waals surface area contributed by atoms with Gasteiger partial charge in [0.25, 0.3) is 5.91 Å². The second-order valence-electron chi connectivity index (χ2n) is 3.09. The van der Waals surface area contributed by atoms with E-state index in [1.807, 2.05) is 40.9 Å².